The van der Waals surface area contributed by atoms with Crippen LogP contribution in [0.2, 0.25) is 0 Å². The van der Waals surface area contributed by atoms with Crippen molar-refractivity contribution in [1.29, 1.82) is 0 Å². The first-order chi connectivity index (χ1) is 14.4. The van der Waals surface area contributed by atoms with Crippen LogP contribution in [0.5, 0.6) is 0 Å². The molecule has 2 aromatic heterocycles. The van der Waals surface area contributed by atoms with Gasteiger partial charge in [-0.05, 0) is 81.0 Å². The molecule has 1 aliphatic heterocycles. The van der Waals surface area contributed by atoms with E-state index in [1.54, 1.807) is 0 Å². The van der Waals surface area contributed by atoms with Crippen LogP contribution in [0.3, 0.4) is 0 Å². The fourth-order valence-corrected chi connectivity index (χ4v) is 5.94. The zero-order chi connectivity index (χ0) is 21.4. The summed E-state index contributed by atoms with van der Waals surface area (Å²) in [6, 6.07) is 1.81. The van der Waals surface area contributed by atoms with Gasteiger partial charge in [0.1, 0.15) is 0 Å². The Bertz CT molecular complexity index is 909. The molecular weight excluding hydrogens is 338 g/mol. The molecule has 4 rings (SSSR count). The quantitative estimate of drug-likeness (QED) is 0.560. The van der Waals surface area contributed by atoms with E-state index in [4.69, 9.17) is 10.2 Å². The van der Waals surface area contributed by atoms with Crippen LogP contribution in [0.4, 0.5) is 0 Å². The second-order valence-electron chi connectivity index (χ2n) is 8.13. The van der Waals surface area contributed by atoms with Gasteiger partial charge in [-0.3, -0.25) is 4.98 Å². The van der Waals surface area contributed by atoms with E-state index in [0.717, 1.165) is 51.4 Å². The molecule has 0 aromatic carbocycles. The fraction of sp³-hybridized carbons (Fsp3) is 0.609. The lowest BCUT2D eigenvalue weighted by molar-refractivity contribution is -0.104. The van der Waals surface area contributed by atoms with Crippen LogP contribution in [0.1, 0.15) is 79.4 Å². The maximum absolute atomic E-state index is 8.58. The van der Waals surface area contributed by atoms with Crippen LogP contribution in [0.15, 0.2) is 35.7 Å². The van der Waals surface area contributed by atoms with Crippen molar-refractivity contribution >= 4 is 11.3 Å². The summed E-state index contributed by atoms with van der Waals surface area (Å²) in [6.07, 6.45) is 9.96. The van der Waals surface area contributed by atoms with Gasteiger partial charge < -0.3 is 4.74 Å². The standard InChI is InChI=1S/C23H31NOS/c1-19-10-17-26-20(19)8-2-4-11-22(21-9-3-7-15-24-21)14-16-25-23(18-22)12-5-6-13-23/h3,7,9-10,15,17H,2,4-6,8,11-14,16,18H2,1H3/t22-/m1/s1/i3D,7D,9D,15D. The molecule has 26 heavy (non-hydrogen) atoms. The van der Waals surface area contributed by atoms with Gasteiger partial charge in [0.25, 0.3) is 0 Å². The van der Waals surface area contributed by atoms with E-state index in [2.05, 4.69) is 23.4 Å². The average Bonchev–Trinajstić information content (AvgIpc) is 3.35. The van der Waals surface area contributed by atoms with Crippen molar-refractivity contribution in [2.45, 2.75) is 82.1 Å². The van der Waals surface area contributed by atoms with Crippen molar-refractivity contribution in [3.63, 3.8) is 0 Å². The highest BCUT2D eigenvalue weighted by atomic mass is 32.1. The molecule has 2 nitrogen and oxygen atoms in total. The monoisotopic (exact) mass is 373 g/mol. The Morgan fingerprint density at radius 2 is 2.12 bits per heavy atom. The second-order valence-corrected chi connectivity index (χ2v) is 9.13. The molecule has 0 unspecified atom stereocenters. The van der Waals surface area contributed by atoms with Gasteiger partial charge in [-0.2, -0.15) is 0 Å². The molecule has 1 atom stereocenters. The van der Waals surface area contributed by atoms with Crippen LogP contribution < -0.4 is 0 Å². The Balaban J connectivity index is 1.61. The van der Waals surface area contributed by atoms with Crippen molar-refractivity contribution in [2.75, 3.05) is 6.61 Å². The summed E-state index contributed by atoms with van der Waals surface area (Å²) in [4.78, 5) is 5.89. The summed E-state index contributed by atoms with van der Waals surface area (Å²) in [5, 5.41) is 2.15. The molecule has 140 valence electrons. The number of hydrogen-bond donors (Lipinski definition) is 0. The highest BCUT2D eigenvalue weighted by Gasteiger charge is 2.48. The number of ether oxygens (including phenoxy) is 1. The highest BCUT2D eigenvalue weighted by molar-refractivity contribution is 7.10. The third kappa shape index (κ3) is 3.75. The third-order valence-corrected chi connectivity index (χ3v) is 7.49. The van der Waals surface area contributed by atoms with E-state index in [-0.39, 0.29) is 35.3 Å². The second kappa shape index (κ2) is 7.82. The van der Waals surface area contributed by atoms with Crippen LogP contribution >= 0.6 is 11.3 Å². The summed E-state index contributed by atoms with van der Waals surface area (Å²) in [5.74, 6) is 0. The number of thiophene rings is 1. The molecule has 3 heteroatoms. The van der Waals surface area contributed by atoms with E-state index < -0.39 is 0 Å². The zero-order valence-corrected chi connectivity index (χ0v) is 16.5. The van der Waals surface area contributed by atoms with Gasteiger partial charge >= 0.3 is 0 Å². The Kier molecular flexibility index (Phi) is 4.18. The molecule has 2 fully saturated rings. The smallest absolute Gasteiger partial charge is 0.0840 e. The average molecular weight is 374 g/mol. The number of aryl methyl sites for hydroxylation is 2. The number of rotatable bonds is 6. The predicted octanol–water partition coefficient (Wildman–Crippen LogP) is 6.23. The number of pyridine rings is 1. The van der Waals surface area contributed by atoms with E-state index in [1.165, 1.54) is 23.3 Å². The van der Waals surface area contributed by atoms with Crippen molar-refractivity contribution in [3.8, 4) is 0 Å². The topological polar surface area (TPSA) is 22.1 Å². The van der Waals surface area contributed by atoms with Gasteiger partial charge in [0.2, 0.25) is 0 Å². The molecule has 2 aromatic rings. The van der Waals surface area contributed by atoms with Crippen molar-refractivity contribution < 1.29 is 10.2 Å². The van der Waals surface area contributed by atoms with Gasteiger partial charge in [0.15, 0.2) is 0 Å². The maximum Gasteiger partial charge on any atom is 0.0840 e. The van der Waals surface area contributed by atoms with Gasteiger partial charge in [0.05, 0.1) is 11.1 Å². The molecule has 1 saturated heterocycles. The van der Waals surface area contributed by atoms with Crippen LogP contribution in [-0.2, 0) is 16.6 Å². The molecule has 2 aliphatic rings. The molecule has 1 saturated carbocycles. The molecule has 0 N–H and O–H groups in total. The highest BCUT2D eigenvalue weighted by Crippen LogP contribution is 2.50. The van der Waals surface area contributed by atoms with Crippen molar-refractivity contribution in [3.05, 3.63) is 51.9 Å². The van der Waals surface area contributed by atoms with Crippen LogP contribution in [-0.4, -0.2) is 17.2 Å². The number of unbranched alkanes of at least 4 members (excludes halogenated alkanes) is 1. The zero-order valence-electron chi connectivity index (χ0n) is 19.7. The van der Waals surface area contributed by atoms with E-state index >= 15 is 0 Å². The molecule has 0 amide bonds. The van der Waals surface area contributed by atoms with Gasteiger partial charge in [0, 0.05) is 28.8 Å². The van der Waals surface area contributed by atoms with Crippen LogP contribution in [0.25, 0.3) is 0 Å². The summed E-state index contributed by atoms with van der Waals surface area (Å²) >= 11 is 1.82. The first kappa shape index (κ1) is 13.9. The first-order valence-electron chi connectivity index (χ1n) is 12.0. The minimum atomic E-state index is -0.330. The molecule has 1 spiro atoms. The lowest BCUT2D eigenvalue weighted by Gasteiger charge is -2.46. The van der Waals surface area contributed by atoms with Crippen molar-refractivity contribution in [1.82, 2.24) is 4.98 Å². The maximum atomic E-state index is 8.58. The Hall–Kier alpha value is -1.19. The number of nitrogens with zero attached hydrogens (tertiary/aromatic N) is 1. The van der Waals surface area contributed by atoms with E-state index in [0.29, 0.717) is 12.3 Å². The molecule has 3 heterocycles. The molecule has 0 bridgehead atoms. The Morgan fingerprint density at radius 1 is 1.23 bits per heavy atom. The minimum absolute atomic E-state index is 0.0418. The molecular formula is C23H31NOS. The predicted molar refractivity (Wildman–Crippen MR) is 109 cm³/mol. The summed E-state index contributed by atoms with van der Waals surface area (Å²) in [7, 11) is 0. The first-order valence-corrected chi connectivity index (χ1v) is 10.9. The van der Waals surface area contributed by atoms with E-state index in [9.17, 15) is 0 Å². The summed E-state index contributed by atoms with van der Waals surface area (Å²) in [6.45, 7) is 2.81. The normalized spacial score (nSPS) is 27.1. The molecule has 0 radical (unpaired) electrons. The minimum Gasteiger partial charge on any atom is -0.375 e. The number of aromatic nitrogens is 1. The van der Waals surface area contributed by atoms with Gasteiger partial charge in [-0.1, -0.05) is 25.3 Å². The lowest BCUT2D eigenvalue weighted by atomic mass is 9.67. The van der Waals surface area contributed by atoms with E-state index in [1.807, 2.05) is 11.3 Å². The molecule has 1 aliphatic carbocycles. The lowest BCUT2D eigenvalue weighted by Crippen LogP contribution is -2.46. The number of hydrogen-bond acceptors (Lipinski definition) is 3. The largest absolute Gasteiger partial charge is 0.375 e. The van der Waals surface area contributed by atoms with Crippen molar-refractivity contribution in [2.24, 2.45) is 0 Å². The third-order valence-electron chi connectivity index (χ3n) is 6.41. The Labute approximate surface area is 167 Å². The van der Waals surface area contributed by atoms with Crippen LogP contribution in [0, 0.1) is 6.92 Å². The van der Waals surface area contributed by atoms with Gasteiger partial charge in [-0.25, -0.2) is 0 Å². The summed E-state index contributed by atoms with van der Waals surface area (Å²) in [5.41, 5.74) is 1.46. The SMILES string of the molecule is [2H]c1nc([C@]2(CCCCc3sccc3C)CCOC3(CCCC3)C2)c([2H])c([2H])c1[2H]. The Morgan fingerprint density at radius 3 is 2.92 bits per heavy atom. The van der Waals surface area contributed by atoms with Gasteiger partial charge in [-0.15, -0.1) is 11.3 Å². The fourth-order valence-electron chi connectivity index (χ4n) is 4.98. The summed E-state index contributed by atoms with van der Waals surface area (Å²) < 4.78 is 39.1.